The van der Waals surface area contributed by atoms with E-state index in [9.17, 15) is 13.2 Å². The van der Waals surface area contributed by atoms with E-state index in [1.807, 2.05) is 25.1 Å². The fraction of sp³-hybridized carbons (Fsp3) is 0.261. The summed E-state index contributed by atoms with van der Waals surface area (Å²) >= 11 is 1.37. The van der Waals surface area contributed by atoms with E-state index in [1.165, 1.54) is 11.3 Å². The number of carbonyl (C=O) groups excluding carboxylic acids is 1. The summed E-state index contributed by atoms with van der Waals surface area (Å²) in [4.78, 5) is 14.1. The Hall–Kier alpha value is -2.64. The third-order valence-corrected chi connectivity index (χ3v) is 8.31. The second-order valence-electron chi connectivity index (χ2n) is 7.34. The molecule has 0 bridgehead atoms. The van der Waals surface area contributed by atoms with Crippen molar-refractivity contribution < 1.29 is 17.9 Å². The van der Waals surface area contributed by atoms with Gasteiger partial charge >= 0.3 is 0 Å². The lowest BCUT2D eigenvalue weighted by Gasteiger charge is -2.14. The monoisotopic (exact) mass is 441 g/mol. The van der Waals surface area contributed by atoms with Crippen molar-refractivity contribution in [1.29, 1.82) is 0 Å². The molecule has 0 fully saturated rings. The van der Waals surface area contributed by atoms with Gasteiger partial charge in [0.2, 0.25) is 9.84 Å². The molecule has 0 saturated carbocycles. The number of carbonyl (C=O) groups is 1. The summed E-state index contributed by atoms with van der Waals surface area (Å²) in [6.07, 6.45) is 3.53. The van der Waals surface area contributed by atoms with E-state index in [0.717, 1.165) is 35.3 Å². The molecule has 2 aromatic carbocycles. The number of anilines is 1. The van der Waals surface area contributed by atoms with E-state index in [4.69, 9.17) is 4.74 Å². The van der Waals surface area contributed by atoms with Gasteiger partial charge in [0.1, 0.15) is 15.6 Å². The summed E-state index contributed by atoms with van der Waals surface area (Å²) in [5.41, 5.74) is 1.85. The zero-order valence-electron chi connectivity index (χ0n) is 16.7. The molecule has 4 rings (SSSR count). The summed E-state index contributed by atoms with van der Waals surface area (Å²) in [6, 6.07) is 15.9. The molecule has 5 nitrogen and oxygen atoms in total. The van der Waals surface area contributed by atoms with E-state index in [-0.39, 0.29) is 22.3 Å². The Kier molecular flexibility index (Phi) is 5.92. The van der Waals surface area contributed by atoms with Crippen molar-refractivity contribution in [3.8, 4) is 5.75 Å². The van der Waals surface area contributed by atoms with Gasteiger partial charge in [-0.25, -0.2) is 8.42 Å². The van der Waals surface area contributed by atoms with E-state index >= 15 is 0 Å². The Morgan fingerprint density at radius 2 is 1.73 bits per heavy atom. The van der Waals surface area contributed by atoms with Gasteiger partial charge in [-0.3, -0.25) is 4.79 Å². The molecule has 1 amide bonds. The average Bonchev–Trinajstić information content (AvgIpc) is 3.12. The van der Waals surface area contributed by atoms with Gasteiger partial charge in [0.15, 0.2) is 6.61 Å². The molecular formula is C23H23NO4S2. The molecule has 1 heterocycles. The number of hydrogen-bond donors (Lipinski definition) is 1. The third kappa shape index (κ3) is 4.27. The lowest BCUT2D eigenvalue weighted by molar-refractivity contribution is -0.118. The third-order valence-electron chi connectivity index (χ3n) is 5.09. The largest absolute Gasteiger partial charge is 0.484 e. The van der Waals surface area contributed by atoms with Crippen LogP contribution in [0.5, 0.6) is 5.75 Å². The smallest absolute Gasteiger partial charge is 0.262 e. The highest BCUT2D eigenvalue weighted by molar-refractivity contribution is 7.92. The lowest BCUT2D eigenvalue weighted by Crippen LogP contribution is -2.21. The molecule has 0 spiro atoms. The van der Waals surface area contributed by atoms with E-state index < -0.39 is 9.84 Å². The number of thiophene rings is 1. The normalized spacial score (nSPS) is 13.5. The first-order valence-electron chi connectivity index (χ1n) is 9.89. The van der Waals surface area contributed by atoms with Crippen molar-refractivity contribution >= 4 is 32.1 Å². The zero-order valence-corrected chi connectivity index (χ0v) is 18.3. The molecule has 0 aliphatic heterocycles. The fourth-order valence-corrected chi connectivity index (χ4v) is 6.86. The molecule has 1 N–H and O–H groups in total. The minimum Gasteiger partial charge on any atom is -0.484 e. The highest BCUT2D eigenvalue weighted by Crippen LogP contribution is 2.43. The molecule has 0 radical (unpaired) electrons. The molecule has 1 aliphatic rings. The second-order valence-corrected chi connectivity index (χ2v) is 10.3. The number of amides is 1. The molecule has 7 heteroatoms. The number of rotatable bonds is 6. The minimum absolute atomic E-state index is 0.184. The van der Waals surface area contributed by atoms with Crippen molar-refractivity contribution in [2.45, 2.75) is 42.4 Å². The average molecular weight is 442 g/mol. The lowest BCUT2D eigenvalue weighted by atomic mass is 9.99. The highest BCUT2D eigenvalue weighted by Gasteiger charge is 2.31. The first kappa shape index (κ1) is 20.6. The molecule has 0 saturated heterocycles. The Morgan fingerprint density at radius 3 is 2.47 bits per heavy atom. The number of aryl methyl sites for hydroxylation is 2. The van der Waals surface area contributed by atoms with Crippen LogP contribution in [0.15, 0.2) is 64.4 Å². The Labute approximate surface area is 180 Å². The van der Waals surface area contributed by atoms with Crippen LogP contribution >= 0.6 is 11.3 Å². The Morgan fingerprint density at radius 1 is 1.03 bits per heavy atom. The van der Waals surface area contributed by atoms with E-state index in [1.54, 1.807) is 36.4 Å². The van der Waals surface area contributed by atoms with Crippen LogP contribution in [0.25, 0.3) is 0 Å². The molecule has 0 atom stereocenters. The number of para-hydroxylation sites is 1. The number of fused-ring (bicyclic) bond motifs is 1. The maximum Gasteiger partial charge on any atom is 0.262 e. The topological polar surface area (TPSA) is 72.5 Å². The summed E-state index contributed by atoms with van der Waals surface area (Å²) in [5, 5.41) is 3.19. The SMILES string of the molecule is Cc1ccc(S(=O)(=O)c2c(NC(=O)COc3ccccc3)sc3c2CCCC3)cc1. The van der Waals surface area contributed by atoms with Crippen LogP contribution in [0, 0.1) is 6.92 Å². The molecule has 30 heavy (non-hydrogen) atoms. The fourth-order valence-electron chi connectivity index (χ4n) is 3.57. The van der Waals surface area contributed by atoms with Crippen molar-refractivity contribution in [3.63, 3.8) is 0 Å². The molecule has 1 aromatic heterocycles. The number of ether oxygens (including phenoxy) is 1. The first-order chi connectivity index (χ1) is 14.4. The summed E-state index contributed by atoms with van der Waals surface area (Å²) in [5.74, 6) is 0.212. The van der Waals surface area contributed by atoms with Crippen LogP contribution in [0.1, 0.15) is 28.8 Å². The summed E-state index contributed by atoms with van der Waals surface area (Å²) in [6.45, 7) is 1.73. The van der Waals surface area contributed by atoms with E-state index in [0.29, 0.717) is 17.2 Å². The van der Waals surface area contributed by atoms with Crippen LogP contribution in [0.4, 0.5) is 5.00 Å². The van der Waals surface area contributed by atoms with Crippen molar-refractivity contribution in [3.05, 3.63) is 70.6 Å². The summed E-state index contributed by atoms with van der Waals surface area (Å²) in [7, 11) is -3.74. The molecule has 3 aromatic rings. The molecule has 156 valence electrons. The standard InChI is InChI=1S/C23H23NO4S2/c1-16-11-13-18(14-12-16)30(26,27)22-19-9-5-6-10-20(19)29-23(22)24-21(25)15-28-17-7-3-2-4-8-17/h2-4,7-8,11-14H,5-6,9-10,15H2,1H3,(H,24,25). The molecule has 0 unspecified atom stereocenters. The first-order valence-corrected chi connectivity index (χ1v) is 12.2. The van der Waals surface area contributed by atoms with Gasteiger partial charge in [0, 0.05) is 4.88 Å². The van der Waals surface area contributed by atoms with Crippen LogP contribution in [-0.4, -0.2) is 20.9 Å². The minimum atomic E-state index is -3.74. The second kappa shape index (κ2) is 8.62. The number of hydrogen-bond acceptors (Lipinski definition) is 5. The van der Waals surface area contributed by atoms with Gasteiger partial charge in [-0.05, 0) is 62.4 Å². The highest BCUT2D eigenvalue weighted by atomic mass is 32.2. The Bertz CT molecular complexity index is 1150. The van der Waals surface area contributed by atoms with Gasteiger partial charge in [0.25, 0.3) is 5.91 Å². The van der Waals surface area contributed by atoms with Gasteiger partial charge < -0.3 is 10.1 Å². The van der Waals surface area contributed by atoms with Gasteiger partial charge in [-0.2, -0.15) is 0 Å². The molecule has 1 aliphatic carbocycles. The quantitative estimate of drug-likeness (QED) is 0.597. The van der Waals surface area contributed by atoms with Crippen molar-refractivity contribution in [2.75, 3.05) is 11.9 Å². The van der Waals surface area contributed by atoms with Crippen LogP contribution in [0.2, 0.25) is 0 Å². The van der Waals surface area contributed by atoms with Gasteiger partial charge in [0.05, 0.1) is 4.90 Å². The van der Waals surface area contributed by atoms with Crippen LogP contribution in [-0.2, 0) is 27.5 Å². The van der Waals surface area contributed by atoms with Crippen molar-refractivity contribution in [1.82, 2.24) is 0 Å². The predicted octanol–water partition coefficient (Wildman–Crippen LogP) is 4.79. The maximum atomic E-state index is 13.5. The van der Waals surface area contributed by atoms with Crippen LogP contribution in [0.3, 0.4) is 0 Å². The number of nitrogens with one attached hydrogen (secondary N) is 1. The Balaban J connectivity index is 1.64. The zero-order chi connectivity index (χ0) is 21.1. The van der Waals surface area contributed by atoms with E-state index in [2.05, 4.69) is 5.32 Å². The predicted molar refractivity (Wildman–Crippen MR) is 118 cm³/mol. The summed E-state index contributed by atoms with van der Waals surface area (Å²) < 4.78 is 32.5. The molecular weight excluding hydrogens is 418 g/mol. The van der Waals surface area contributed by atoms with Crippen LogP contribution < -0.4 is 10.1 Å². The van der Waals surface area contributed by atoms with Crippen molar-refractivity contribution in [2.24, 2.45) is 0 Å². The number of sulfone groups is 1. The number of benzene rings is 2. The van der Waals surface area contributed by atoms with Gasteiger partial charge in [-0.1, -0.05) is 35.9 Å². The van der Waals surface area contributed by atoms with Gasteiger partial charge in [-0.15, -0.1) is 11.3 Å². The maximum absolute atomic E-state index is 13.5.